The van der Waals surface area contributed by atoms with Gasteiger partial charge in [-0.3, -0.25) is 14.5 Å². The molecule has 3 aromatic carbocycles. The van der Waals surface area contributed by atoms with Crippen LogP contribution in [-0.2, 0) is 30.8 Å². The first-order valence-corrected chi connectivity index (χ1v) is 13.5. The molecule has 1 fully saturated rings. The molecule has 206 valence electrons. The van der Waals surface area contributed by atoms with Crippen molar-refractivity contribution in [1.82, 2.24) is 15.1 Å². The minimum Gasteiger partial charge on any atom is -0.497 e. The Labute approximate surface area is 231 Å². The fourth-order valence-electron chi connectivity index (χ4n) is 4.67. The average molecular weight is 530 g/mol. The van der Waals surface area contributed by atoms with Gasteiger partial charge in [-0.2, -0.15) is 0 Å². The molecule has 2 amide bonds. The Hall–Kier alpha value is -3.72. The molecule has 0 unspecified atom stereocenters. The van der Waals surface area contributed by atoms with Crippen molar-refractivity contribution >= 4 is 17.5 Å². The minimum atomic E-state index is -0.188. The van der Waals surface area contributed by atoms with Crippen molar-refractivity contribution in [3.63, 3.8) is 0 Å². The molecular formula is C31H39N5O3. The third kappa shape index (κ3) is 8.38. The number of rotatable bonds is 10. The smallest absolute Gasteiger partial charge is 0.251 e. The molecule has 4 rings (SSSR count). The highest BCUT2D eigenvalue weighted by Crippen LogP contribution is 2.22. The van der Waals surface area contributed by atoms with Crippen LogP contribution >= 0.6 is 0 Å². The second-order valence-corrected chi connectivity index (χ2v) is 10.1. The maximum Gasteiger partial charge on any atom is 0.251 e. The normalized spacial score (nSPS) is 14.4. The van der Waals surface area contributed by atoms with E-state index in [-0.39, 0.29) is 18.2 Å². The van der Waals surface area contributed by atoms with Gasteiger partial charge in [0, 0.05) is 44.0 Å². The molecule has 4 N–H and O–H groups in total. The molecule has 1 heterocycles. The van der Waals surface area contributed by atoms with Crippen LogP contribution in [-0.4, -0.2) is 62.0 Å². The third-order valence-corrected chi connectivity index (χ3v) is 7.09. The third-order valence-electron chi connectivity index (χ3n) is 7.09. The lowest BCUT2D eigenvalue weighted by atomic mass is 10.1. The van der Waals surface area contributed by atoms with Crippen LogP contribution in [0.4, 0.5) is 5.69 Å². The van der Waals surface area contributed by atoms with E-state index in [4.69, 9.17) is 10.5 Å². The number of nitrogens with two attached hydrogens (primary N) is 1. The minimum absolute atomic E-state index is 0.130. The number of ether oxygens (including phenoxy) is 1. The van der Waals surface area contributed by atoms with E-state index in [0.29, 0.717) is 30.9 Å². The lowest BCUT2D eigenvalue weighted by Crippen LogP contribution is -2.29. The van der Waals surface area contributed by atoms with Crippen molar-refractivity contribution < 1.29 is 14.3 Å². The molecule has 8 nitrogen and oxygen atoms in total. The summed E-state index contributed by atoms with van der Waals surface area (Å²) >= 11 is 0. The first-order valence-electron chi connectivity index (χ1n) is 13.5. The van der Waals surface area contributed by atoms with Crippen LogP contribution in [0.5, 0.6) is 5.75 Å². The van der Waals surface area contributed by atoms with Gasteiger partial charge >= 0.3 is 0 Å². The number of likely N-dealkylation sites (N-methyl/N-ethyl adjacent to an activating group) is 1. The van der Waals surface area contributed by atoms with E-state index in [1.165, 1.54) is 0 Å². The number of nitrogens with zero attached hydrogens (tertiary/aromatic N) is 2. The molecular weight excluding hydrogens is 490 g/mol. The van der Waals surface area contributed by atoms with Crippen molar-refractivity contribution in [2.45, 2.75) is 32.5 Å². The van der Waals surface area contributed by atoms with Crippen LogP contribution < -0.4 is 21.1 Å². The molecule has 1 aliphatic rings. The summed E-state index contributed by atoms with van der Waals surface area (Å²) in [5, 5.41) is 6.07. The first-order chi connectivity index (χ1) is 18.9. The molecule has 8 heteroatoms. The Morgan fingerprint density at radius 2 is 1.62 bits per heavy atom. The number of benzene rings is 3. The van der Waals surface area contributed by atoms with Crippen LogP contribution in [0.2, 0.25) is 0 Å². The van der Waals surface area contributed by atoms with Crippen molar-refractivity contribution in [3.05, 3.63) is 94.5 Å². The molecule has 0 atom stereocenters. The Bertz CT molecular complexity index is 1240. The van der Waals surface area contributed by atoms with Gasteiger partial charge in [0.15, 0.2) is 0 Å². The standard InChI is InChI=1S/C31H39N5O3/c1-35-14-3-15-36(17-16-35)22-27-11-10-26(31(38)33-21-25-6-4-24(20-32)5-7-25)19-29(27)34-30(37)18-23-8-12-28(39-2)13-9-23/h4-13,19H,3,14-18,20-22,32H2,1-2H3,(H,33,38)(H,34,37). The largest absolute Gasteiger partial charge is 0.497 e. The maximum atomic E-state index is 13.1. The van der Waals surface area contributed by atoms with E-state index < -0.39 is 0 Å². The zero-order valence-electron chi connectivity index (χ0n) is 22.9. The molecule has 1 aliphatic heterocycles. The zero-order chi connectivity index (χ0) is 27.6. The first kappa shape index (κ1) is 28.3. The number of amides is 2. The van der Waals surface area contributed by atoms with Crippen molar-refractivity contribution in [3.8, 4) is 5.75 Å². The summed E-state index contributed by atoms with van der Waals surface area (Å²) in [6, 6.07) is 20.9. The van der Waals surface area contributed by atoms with Crippen molar-refractivity contribution in [2.24, 2.45) is 5.73 Å². The Kier molecular flexibility index (Phi) is 10.1. The number of anilines is 1. The number of carbonyl (C=O) groups is 2. The monoisotopic (exact) mass is 529 g/mol. The number of hydrogen-bond acceptors (Lipinski definition) is 6. The van der Waals surface area contributed by atoms with Crippen LogP contribution in [0, 0.1) is 0 Å². The van der Waals surface area contributed by atoms with Crippen LogP contribution in [0.25, 0.3) is 0 Å². The molecule has 0 bridgehead atoms. The van der Waals surface area contributed by atoms with Gasteiger partial charge in [-0.1, -0.05) is 42.5 Å². The molecule has 3 aromatic rings. The summed E-state index contributed by atoms with van der Waals surface area (Å²) in [4.78, 5) is 30.8. The molecule has 0 radical (unpaired) electrons. The molecule has 1 saturated heterocycles. The van der Waals surface area contributed by atoms with Gasteiger partial charge in [0.1, 0.15) is 5.75 Å². The lowest BCUT2D eigenvalue weighted by Gasteiger charge is -2.22. The molecule has 0 spiro atoms. The second kappa shape index (κ2) is 13.9. The molecule has 0 aromatic heterocycles. The summed E-state index contributed by atoms with van der Waals surface area (Å²) in [7, 11) is 3.76. The van der Waals surface area contributed by atoms with Crippen LogP contribution in [0.3, 0.4) is 0 Å². The number of hydrogen-bond donors (Lipinski definition) is 3. The highest BCUT2D eigenvalue weighted by Gasteiger charge is 2.17. The van der Waals surface area contributed by atoms with Crippen molar-refractivity contribution in [1.29, 1.82) is 0 Å². The van der Waals surface area contributed by atoms with E-state index in [1.54, 1.807) is 13.2 Å². The van der Waals surface area contributed by atoms with Gasteiger partial charge < -0.3 is 26.0 Å². The number of methoxy groups -OCH3 is 1. The SMILES string of the molecule is COc1ccc(CC(=O)Nc2cc(C(=O)NCc3ccc(CN)cc3)ccc2CN2CCCN(C)CC2)cc1. The summed E-state index contributed by atoms with van der Waals surface area (Å²) in [6.07, 6.45) is 1.33. The van der Waals surface area contributed by atoms with E-state index in [2.05, 4.69) is 27.5 Å². The molecule has 0 saturated carbocycles. The van der Waals surface area contributed by atoms with E-state index >= 15 is 0 Å². The highest BCUT2D eigenvalue weighted by atomic mass is 16.5. The Morgan fingerprint density at radius 1 is 0.897 bits per heavy atom. The summed E-state index contributed by atoms with van der Waals surface area (Å²) in [6.45, 7) is 5.64. The zero-order valence-corrected chi connectivity index (χ0v) is 22.9. The highest BCUT2D eigenvalue weighted by molar-refractivity contribution is 5.98. The van der Waals surface area contributed by atoms with Gasteiger partial charge in [-0.05, 0) is 73.1 Å². The second-order valence-electron chi connectivity index (χ2n) is 10.1. The predicted octanol–water partition coefficient (Wildman–Crippen LogP) is 3.40. The summed E-state index contributed by atoms with van der Waals surface area (Å²) < 4.78 is 5.22. The Morgan fingerprint density at radius 3 is 2.33 bits per heavy atom. The summed E-state index contributed by atoms with van der Waals surface area (Å²) in [5.74, 6) is 0.430. The van der Waals surface area contributed by atoms with Gasteiger partial charge in [0.05, 0.1) is 13.5 Å². The van der Waals surface area contributed by atoms with E-state index in [1.807, 2.05) is 60.7 Å². The average Bonchev–Trinajstić information content (AvgIpc) is 3.16. The predicted molar refractivity (Wildman–Crippen MR) is 155 cm³/mol. The van der Waals surface area contributed by atoms with Crippen molar-refractivity contribution in [2.75, 3.05) is 45.7 Å². The number of nitrogens with one attached hydrogen (secondary N) is 2. The van der Waals surface area contributed by atoms with Gasteiger partial charge in [-0.25, -0.2) is 0 Å². The molecule has 39 heavy (non-hydrogen) atoms. The van der Waals surface area contributed by atoms with E-state index in [9.17, 15) is 9.59 Å². The fourth-order valence-corrected chi connectivity index (χ4v) is 4.67. The Balaban J connectivity index is 1.48. The molecule has 0 aliphatic carbocycles. The quantitative estimate of drug-likeness (QED) is 0.372. The number of carbonyl (C=O) groups excluding carboxylic acids is 2. The topological polar surface area (TPSA) is 99.9 Å². The van der Waals surface area contributed by atoms with Gasteiger partial charge in [0.2, 0.25) is 5.91 Å². The fraction of sp³-hybridized carbons (Fsp3) is 0.355. The van der Waals surface area contributed by atoms with Crippen LogP contribution in [0.15, 0.2) is 66.7 Å². The van der Waals surface area contributed by atoms with Gasteiger partial charge in [0.25, 0.3) is 5.91 Å². The van der Waals surface area contributed by atoms with Gasteiger partial charge in [-0.15, -0.1) is 0 Å². The lowest BCUT2D eigenvalue weighted by molar-refractivity contribution is -0.115. The maximum absolute atomic E-state index is 13.1. The van der Waals surface area contributed by atoms with E-state index in [0.717, 1.165) is 60.6 Å². The summed E-state index contributed by atoms with van der Waals surface area (Å²) in [5.41, 5.74) is 10.8. The van der Waals surface area contributed by atoms with Crippen LogP contribution in [0.1, 0.15) is 39.0 Å².